The van der Waals surface area contributed by atoms with Crippen molar-refractivity contribution in [2.75, 3.05) is 7.11 Å². The van der Waals surface area contributed by atoms with Gasteiger partial charge < -0.3 is 9.84 Å². The van der Waals surface area contributed by atoms with E-state index in [1.54, 1.807) is 18.9 Å². The third-order valence-corrected chi connectivity index (χ3v) is 3.89. The second kappa shape index (κ2) is 8.03. The monoisotopic (exact) mass is 268 g/mol. The van der Waals surface area contributed by atoms with E-state index in [0.717, 1.165) is 29.9 Å². The summed E-state index contributed by atoms with van der Waals surface area (Å²) in [7, 11) is 1.63. The highest BCUT2D eigenvalue weighted by Crippen LogP contribution is 2.31. The van der Waals surface area contributed by atoms with E-state index >= 15 is 0 Å². The molecule has 1 aromatic rings. The van der Waals surface area contributed by atoms with Crippen LogP contribution in [0.1, 0.15) is 32.6 Å². The number of carboxylic acids is 1. The highest BCUT2D eigenvalue weighted by atomic mass is 32.2. The lowest BCUT2D eigenvalue weighted by Crippen LogP contribution is -2.09. The number of unbranched alkanes of at least 4 members (excludes halogenated alkanes) is 1. The van der Waals surface area contributed by atoms with Crippen LogP contribution in [0.25, 0.3) is 0 Å². The average molecular weight is 268 g/mol. The maximum Gasteiger partial charge on any atom is 0.304 e. The molecule has 3 nitrogen and oxygen atoms in total. The number of carboxylic acid groups (broad SMARTS) is 1. The molecule has 1 N–H and O–H groups in total. The lowest BCUT2D eigenvalue weighted by atomic mass is 10.1. The molecule has 0 unspecified atom stereocenters. The van der Waals surface area contributed by atoms with Crippen molar-refractivity contribution in [1.82, 2.24) is 0 Å². The van der Waals surface area contributed by atoms with Gasteiger partial charge in [0.25, 0.3) is 0 Å². The van der Waals surface area contributed by atoms with E-state index < -0.39 is 5.97 Å². The molecule has 1 rings (SSSR count). The van der Waals surface area contributed by atoms with E-state index in [1.807, 2.05) is 24.3 Å². The zero-order valence-electron chi connectivity index (χ0n) is 10.9. The minimum Gasteiger partial charge on any atom is -0.497 e. The van der Waals surface area contributed by atoms with Gasteiger partial charge in [-0.1, -0.05) is 25.8 Å². The molecule has 0 amide bonds. The van der Waals surface area contributed by atoms with E-state index in [9.17, 15) is 4.79 Å². The Hall–Kier alpha value is -1.16. The van der Waals surface area contributed by atoms with Crippen LogP contribution in [0.5, 0.6) is 5.75 Å². The van der Waals surface area contributed by atoms with Crippen LogP contribution in [-0.4, -0.2) is 23.4 Å². The normalized spacial score (nSPS) is 12.1. The number of ether oxygens (including phenoxy) is 1. The van der Waals surface area contributed by atoms with Crippen LogP contribution >= 0.6 is 11.8 Å². The summed E-state index contributed by atoms with van der Waals surface area (Å²) in [5.41, 5.74) is 0. The van der Waals surface area contributed by atoms with Crippen LogP contribution in [0.3, 0.4) is 0 Å². The minimum atomic E-state index is -0.730. The first-order valence-corrected chi connectivity index (χ1v) is 7.06. The largest absolute Gasteiger partial charge is 0.497 e. The van der Waals surface area contributed by atoms with Crippen LogP contribution in [0.4, 0.5) is 0 Å². The van der Waals surface area contributed by atoms with Crippen LogP contribution in [0.2, 0.25) is 0 Å². The zero-order valence-corrected chi connectivity index (χ0v) is 11.7. The molecule has 0 aliphatic carbocycles. The van der Waals surface area contributed by atoms with Gasteiger partial charge in [-0.2, -0.15) is 0 Å². The van der Waals surface area contributed by atoms with Crippen molar-refractivity contribution in [1.29, 1.82) is 0 Å². The molecule has 0 aliphatic rings. The molecule has 0 saturated carbocycles. The molecular weight excluding hydrogens is 248 g/mol. The van der Waals surface area contributed by atoms with Gasteiger partial charge in [0.1, 0.15) is 5.75 Å². The Kier molecular flexibility index (Phi) is 6.65. The van der Waals surface area contributed by atoms with E-state index in [4.69, 9.17) is 9.84 Å². The van der Waals surface area contributed by atoms with Crippen molar-refractivity contribution >= 4 is 17.7 Å². The van der Waals surface area contributed by atoms with Crippen LogP contribution < -0.4 is 4.74 Å². The van der Waals surface area contributed by atoms with Gasteiger partial charge in [0.15, 0.2) is 0 Å². The van der Waals surface area contributed by atoms with Crippen molar-refractivity contribution < 1.29 is 14.6 Å². The number of hydrogen-bond donors (Lipinski definition) is 1. The van der Waals surface area contributed by atoms with Gasteiger partial charge in [-0.05, 0) is 24.6 Å². The molecule has 1 atom stereocenters. The number of aliphatic carboxylic acids is 1. The summed E-state index contributed by atoms with van der Waals surface area (Å²) in [6.07, 6.45) is 3.30. The lowest BCUT2D eigenvalue weighted by Gasteiger charge is -2.14. The fourth-order valence-corrected chi connectivity index (χ4v) is 2.93. The molecule has 0 bridgehead atoms. The van der Waals surface area contributed by atoms with Gasteiger partial charge in [-0.25, -0.2) is 0 Å². The SMILES string of the molecule is CCCC[C@H](CC(=O)O)Sc1cccc(OC)c1. The summed E-state index contributed by atoms with van der Waals surface area (Å²) in [5, 5.41) is 9.06. The van der Waals surface area contributed by atoms with Crippen molar-refractivity contribution in [3.8, 4) is 5.75 Å². The first-order valence-electron chi connectivity index (χ1n) is 6.18. The highest BCUT2D eigenvalue weighted by molar-refractivity contribution is 8.00. The van der Waals surface area contributed by atoms with Gasteiger partial charge in [-0.3, -0.25) is 4.79 Å². The quantitative estimate of drug-likeness (QED) is 0.728. The Bertz CT molecular complexity index is 379. The second-order valence-electron chi connectivity index (χ2n) is 4.16. The predicted molar refractivity (Wildman–Crippen MR) is 74.4 cm³/mol. The van der Waals surface area contributed by atoms with Crippen molar-refractivity contribution in [3.63, 3.8) is 0 Å². The van der Waals surface area contributed by atoms with E-state index in [1.165, 1.54) is 0 Å². The predicted octanol–water partition coefficient (Wildman–Crippen LogP) is 3.82. The summed E-state index contributed by atoms with van der Waals surface area (Å²) in [6.45, 7) is 2.12. The maximum atomic E-state index is 10.8. The molecule has 0 aliphatic heterocycles. The fourth-order valence-electron chi connectivity index (χ4n) is 1.70. The smallest absolute Gasteiger partial charge is 0.304 e. The molecule has 0 fully saturated rings. The number of rotatable bonds is 8. The molecule has 0 aromatic heterocycles. The third kappa shape index (κ3) is 5.45. The number of hydrogen-bond acceptors (Lipinski definition) is 3. The Morgan fingerprint density at radius 2 is 2.28 bits per heavy atom. The molecule has 1 aromatic carbocycles. The Morgan fingerprint density at radius 1 is 1.50 bits per heavy atom. The maximum absolute atomic E-state index is 10.8. The molecule has 0 radical (unpaired) electrons. The first-order chi connectivity index (χ1) is 8.65. The topological polar surface area (TPSA) is 46.5 Å². The number of benzene rings is 1. The van der Waals surface area contributed by atoms with Gasteiger partial charge >= 0.3 is 5.97 Å². The van der Waals surface area contributed by atoms with Crippen molar-refractivity contribution in [2.45, 2.75) is 42.8 Å². The molecule has 0 saturated heterocycles. The number of methoxy groups -OCH3 is 1. The Labute approximate surface area is 113 Å². The van der Waals surface area contributed by atoms with Crippen molar-refractivity contribution in [2.24, 2.45) is 0 Å². The fraction of sp³-hybridized carbons (Fsp3) is 0.500. The van der Waals surface area contributed by atoms with Crippen LogP contribution in [0, 0.1) is 0 Å². The molecule has 0 spiro atoms. The van der Waals surface area contributed by atoms with Gasteiger partial charge in [0, 0.05) is 10.1 Å². The van der Waals surface area contributed by atoms with Crippen molar-refractivity contribution in [3.05, 3.63) is 24.3 Å². The van der Waals surface area contributed by atoms with E-state index in [-0.39, 0.29) is 11.7 Å². The molecule has 0 heterocycles. The zero-order chi connectivity index (χ0) is 13.4. The third-order valence-electron chi connectivity index (χ3n) is 2.63. The highest BCUT2D eigenvalue weighted by Gasteiger charge is 2.14. The average Bonchev–Trinajstić information content (AvgIpc) is 2.35. The molecule has 18 heavy (non-hydrogen) atoms. The summed E-state index contributed by atoms with van der Waals surface area (Å²) < 4.78 is 5.17. The van der Waals surface area contributed by atoms with Gasteiger partial charge in [0.05, 0.1) is 13.5 Å². The summed E-state index contributed by atoms with van der Waals surface area (Å²) in [4.78, 5) is 11.9. The summed E-state index contributed by atoms with van der Waals surface area (Å²) in [6, 6.07) is 7.76. The number of thioether (sulfide) groups is 1. The Balaban J connectivity index is 2.65. The standard InChI is InChI=1S/C14H20O3S/c1-3-4-7-13(10-14(15)16)18-12-8-5-6-11(9-12)17-2/h5-6,8-9,13H,3-4,7,10H2,1-2H3,(H,15,16)/t13-/m1/s1. The van der Waals surface area contributed by atoms with E-state index in [0.29, 0.717) is 0 Å². The van der Waals surface area contributed by atoms with E-state index in [2.05, 4.69) is 6.92 Å². The van der Waals surface area contributed by atoms with Gasteiger partial charge in [0.2, 0.25) is 0 Å². The molecule has 4 heteroatoms. The summed E-state index contributed by atoms with van der Waals surface area (Å²) in [5.74, 6) is 0.0797. The molecule has 100 valence electrons. The van der Waals surface area contributed by atoms with Gasteiger partial charge in [-0.15, -0.1) is 11.8 Å². The lowest BCUT2D eigenvalue weighted by molar-refractivity contribution is -0.137. The van der Waals surface area contributed by atoms with Crippen LogP contribution in [0.15, 0.2) is 29.2 Å². The first kappa shape index (κ1) is 14.9. The minimum absolute atomic E-state index is 0.134. The molecular formula is C14H20O3S. The summed E-state index contributed by atoms with van der Waals surface area (Å²) >= 11 is 1.63. The second-order valence-corrected chi connectivity index (χ2v) is 5.53. The number of carbonyl (C=O) groups is 1. The Morgan fingerprint density at radius 3 is 2.89 bits per heavy atom. The van der Waals surface area contributed by atoms with Crippen LogP contribution in [-0.2, 0) is 4.79 Å².